The molecule has 2 aliphatic heterocycles. The van der Waals surface area contributed by atoms with Gasteiger partial charge in [0.05, 0.1) is 38.0 Å². The molecule has 2 heterocycles. The van der Waals surface area contributed by atoms with Crippen molar-refractivity contribution >= 4 is 24.0 Å². The van der Waals surface area contributed by atoms with Gasteiger partial charge in [0.2, 0.25) is 0 Å². The number of hydrogen-bond donors (Lipinski definition) is 1. The SMILES string of the molecule is C=O.CC.CC(=O)C1CCCN(CO)C1.CC/C1=C/C=C\C(C)=N\N=C(\[C@H](CCOCC(C)(CC)CC)COCc2ccccc2)C1. The number of benzene rings is 1. The number of hydrogen-bond acceptors (Lipinski definition) is 8. The number of carbonyl (C=O) groups excluding carboxylic acids is 2. The number of ether oxygens (including phenoxy) is 2. The molecule has 1 saturated heterocycles. The summed E-state index contributed by atoms with van der Waals surface area (Å²) in [6.07, 6.45) is 13.3. The molecule has 1 aromatic rings. The molecule has 47 heavy (non-hydrogen) atoms. The van der Waals surface area contributed by atoms with Gasteiger partial charge in [0, 0.05) is 38.0 Å². The van der Waals surface area contributed by atoms with E-state index in [0.29, 0.717) is 19.8 Å². The number of aliphatic hydroxyl groups is 1. The van der Waals surface area contributed by atoms with Crippen LogP contribution in [0.15, 0.2) is 64.3 Å². The molecule has 2 atom stereocenters. The highest BCUT2D eigenvalue weighted by atomic mass is 16.5. The van der Waals surface area contributed by atoms with E-state index >= 15 is 0 Å². The first-order chi connectivity index (χ1) is 22.7. The number of rotatable bonds is 15. The van der Waals surface area contributed by atoms with Gasteiger partial charge in [0.15, 0.2) is 0 Å². The topological polar surface area (TPSA) is 101 Å². The Bertz CT molecular complexity index is 1080. The fourth-order valence-electron chi connectivity index (χ4n) is 5.05. The van der Waals surface area contributed by atoms with Crippen LogP contribution in [0.25, 0.3) is 0 Å². The molecule has 0 aromatic heterocycles. The Kier molecular flexibility index (Phi) is 25.6. The van der Waals surface area contributed by atoms with Crippen LogP contribution < -0.4 is 0 Å². The zero-order chi connectivity index (χ0) is 35.5. The molecule has 0 aliphatic carbocycles. The molecular weight excluding hydrogens is 590 g/mol. The summed E-state index contributed by atoms with van der Waals surface area (Å²) in [6, 6.07) is 10.3. The average Bonchev–Trinajstić information content (AvgIpc) is 3.21. The number of Topliss-reactive ketones (excluding diaryl/α,β-unsaturated/α-hetero) is 1. The molecule has 1 unspecified atom stereocenters. The molecule has 1 aromatic carbocycles. The molecule has 0 bridgehead atoms. The van der Waals surface area contributed by atoms with E-state index in [2.05, 4.69) is 62.2 Å². The first-order valence-corrected chi connectivity index (χ1v) is 17.5. The van der Waals surface area contributed by atoms with Crippen molar-refractivity contribution in [3.05, 3.63) is 59.7 Å². The number of aliphatic hydroxyl groups excluding tert-OH is 1. The molecule has 3 rings (SSSR count). The van der Waals surface area contributed by atoms with Gasteiger partial charge in [-0.25, -0.2) is 0 Å². The first-order valence-electron chi connectivity index (χ1n) is 17.5. The third kappa shape index (κ3) is 19.0. The van der Waals surface area contributed by atoms with Crippen molar-refractivity contribution in [3.8, 4) is 0 Å². The predicted molar refractivity (Wildman–Crippen MR) is 197 cm³/mol. The Morgan fingerprint density at radius 1 is 1.11 bits per heavy atom. The van der Waals surface area contributed by atoms with E-state index in [1.807, 2.05) is 56.7 Å². The molecule has 0 saturated carbocycles. The molecule has 2 aliphatic rings. The highest BCUT2D eigenvalue weighted by Crippen LogP contribution is 2.26. The zero-order valence-corrected chi connectivity index (χ0v) is 30.8. The van der Waals surface area contributed by atoms with Crippen LogP contribution in [0.3, 0.4) is 0 Å². The Morgan fingerprint density at radius 3 is 2.38 bits per heavy atom. The van der Waals surface area contributed by atoms with E-state index in [4.69, 9.17) is 19.4 Å². The number of nitrogens with zero attached hydrogens (tertiary/aromatic N) is 3. The van der Waals surface area contributed by atoms with Crippen LogP contribution in [0.1, 0.15) is 106 Å². The molecular formula is C39H65N3O5. The smallest absolute Gasteiger partial charge is 0.134 e. The molecule has 0 radical (unpaired) electrons. The number of allylic oxidation sites excluding steroid dienone is 4. The van der Waals surface area contributed by atoms with Crippen molar-refractivity contribution in [2.75, 3.05) is 39.6 Å². The van der Waals surface area contributed by atoms with E-state index in [1.54, 1.807) is 6.92 Å². The van der Waals surface area contributed by atoms with E-state index in [1.165, 1.54) is 11.1 Å². The summed E-state index contributed by atoms with van der Waals surface area (Å²) in [6.45, 7) is 23.1. The third-order valence-corrected chi connectivity index (χ3v) is 8.82. The number of carbonyl (C=O) groups is 2. The van der Waals surface area contributed by atoms with Crippen molar-refractivity contribution < 1.29 is 24.2 Å². The fraction of sp³-hybridized carbons (Fsp3) is 0.641. The van der Waals surface area contributed by atoms with Gasteiger partial charge in [-0.2, -0.15) is 10.2 Å². The zero-order valence-electron chi connectivity index (χ0n) is 30.8. The largest absolute Gasteiger partial charge is 0.381 e. The average molecular weight is 656 g/mol. The molecule has 8 heteroatoms. The van der Waals surface area contributed by atoms with Crippen LogP contribution in [-0.4, -0.2) is 73.6 Å². The van der Waals surface area contributed by atoms with Crippen molar-refractivity contribution in [2.24, 2.45) is 27.5 Å². The quantitative estimate of drug-likeness (QED) is 0.191. The van der Waals surface area contributed by atoms with E-state index in [9.17, 15) is 4.79 Å². The van der Waals surface area contributed by atoms with Gasteiger partial charge in [-0.15, -0.1) is 0 Å². The monoisotopic (exact) mass is 655 g/mol. The van der Waals surface area contributed by atoms with Gasteiger partial charge in [-0.3, -0.25) is 9.69 Å². The second-order valence-electron chi connectivity index (χ2n) is 12.3. The Labute approximate surface area is 286 Å². The number of piperidine rings is 1. The summed E-state index contributed by atoms with van der Waals surface area (Å²) in [4.78, 5) is 20.9. The summed E-state index contributed by atoms with van der Waals surface area (Å²) in [7, 11) is 0. The van der Waals surface area contributed by atoms with Crippen molar-refractivity contribution in [1.82, 2.24) is 4.90 Å². The summed E-state index contributed by atoms with van der Waals surface area (Å²) < 4.78 is 12.3. The Hall–Kier alpha value is -2.78. The summed E-state index contributed by atoms with van der Waals surface area (Å²) >= 11 is 0. The van der Waals surface area contributed by atoms with Crippen molar-refractivity contribution in [2.45, 2.75) is 107 Å². The maximum Gasteiger partial charge on any atom is 0.134 e. The van der Waals surface area contributed by atoms with Gasteiger partial charge < -0.3 is 19.4 Å². The van der Waals surface area contributed by atoms with E-state index in [-0.39, 0.29) is 29.8 Å². The molecule has 8 nitrogen and oxygen atoms in total. The lowest BCUT2D eigenvalue weighted by Crippen LogP contribution is -2.38. The lowest BCUT2D eigenvalue weighted by molar-refractivity contribution is -0.122. The minimum Gasteiger partial charge on any atom is -0.381 e. The van der Waals surface area contributed by atoms with Crippen LogP contribution in [-0.2, 0) is 25.7 Å². The maximum absolute atomic E-state index is 11.0. The molecule has 1 fully saturated rings. The number of ketones is 1. The Balaban J connectivity index is 0.00000117. The van der Waals surface area contributed by atoms with Crippen molar-refractivity contribution in [1.29, 1.82) is 0 Å². The fourth-order valence-corrected chi connectivity index (χ4v) is 5.05. The van der Waals surface area contributed by atoms with Crippen LogP contribution >= 0.6 is 0 Å². The minimum absolute atomic E-state index is 0.0871. The third-order valence-electron chi connectivity index (χ3n) is 8.82. The van der Waals surface area contributed by atoms with Gasteiger partial charge in [0.1, 0.15) is 12.6 Å². The second-order valence-corrected chi connectivity index (χ2v) is 12.3. The van der Waals surface area contributed by atoms with Gasteiger partial charge >= 0.3 is 0 Å². The summed E-state index contributed by atoms with van der Waals surface area (Å²) in [5, 5.41) is 18.0. The highest BCUT2D eigenvalue weighted by molar-refractivity contribution is 5.95. The van der Waals surface area contributed by atoms with Crippen LogP contribution in [0.2, 0.25) is 0 Å². The van der Waals surface area contributed by atoms with Gasteiger partial charge in [-0.1, -0.05) is 89.6 Å². The second kappa shape index (κ2) is 27.2. The van der Waals surface area contributed by atoms with Crippen molar-refractivity contribution in [3.63, 3.8) is 0 Å². The molecule has 0 spiro atoms. The summed E-state index contributed by atoms with van der Waals surface area (Å²) in [5.74, 6) is 0.594. The molecule has 266 valence electrons. The Morgan fingerprint density at radius 2 is 1.79 bits per heavy atom. The lowest BCUT2D eigenvalue weighted by Gasteiger charge is -2.29. The molecule has 0 amide bonds. The van der Waals surface area contributed by atoms with Gasteiger partial charge in [0.25, 0.3) is 0 Å². The lowest BCUT2D eigenvalue weighted by atomic mass is 9.86. The number of likely N-dealkylation sites (tertiary alicyclic amines) is 1. The molecule has 1 N–H and O–H groups in total. The minimum atomic E-state index is 0.0871. The normalized spacial score (nSPS) is 21.3. The van der Waals surface area contributed by atoms with Crippen LogP contribution in [0.4, 0.5) is 0 Å². The van der Waals surface area contributed by atoms with E-state index < -0.39 is 0 Å². The predicted octanol–water partition coefficient (Wildman–Crippen LogP) is 8.24. The van der Waals surface area contributed by atoms with E-state index in [0.717, 1.165) is 76.1 Å². The maximum atomic E-state index is 11.0. The standard InChI is InChI=1S/C28H42N2O2.C8H15NO2.C2H6.CH2O/c1-6-24-16-12-13-23(4)29-30-27(19-24)26(17-18-31-22-28(5,7-2)8-3)21-32-20-25-14-10-9-11-15-25;1-7(11)8-3-2-4-9(5-8)6-10;2*1-2/h9-16,26H,6-8,17-22H2,1-5H3;8,10H,2-6H2,1H3;1-2H3;1H2/b13-12-,24-16-,29-23+,30-27+;;;/t26-;;;/m1.../s1. The summed E-state index contributed by atoms with van der Waals surface area (Å²) in [5.41, 5.74) is 4.81. The van der Waals surface area contributed by atoms with Crippen LogP contribution in [0, 0.1) is 17.3 Å². The first kappa shape index (κ1) is 44.2. The highest BCUT2D eigenvalue weighted by Gasteiger charge is 2.23. The van der Waals surface area contributed by atoms with Gasteiger partial charge in [-0.05, 0) is 69.4 Å². The van der Waals surface area contributed by atoms with Crippen LogP contribution in [0.5, 0.6) is 0 Å².